The van der Waals surface area contributed by atoms with E-state index in [4.69, 9.17) is 5.73 Å². The van der Waals surface area contributed by atoms with Crippen molar-refractivity contribution < 1.29 is 9.59 Å². The number of nitrogens with two attached hydrogens (primary N) is 1. The molecule has 29 heavy (non-hydrogen) atoms. The molecule has 4 N–H and O–H groups in total. The van der Waals surface area contributed by atoms with Crippen LogP contribution in [0.5, 0.6) is 0 Å². The highest BCUT2D eigenvalue weighted by atomic mass is 35.5. The summed E-state index contributed by atoms with van der Waals surface area (Å²) in [6.07, 6.45) is 1.65. The van der Waals surface area contributed by atoms with Crippen LogP contribution in [0.1, 0.15) is 49.5 Å². The molecule has 6 nitrogen and oxygen atoms in total. The van der Waals surface area contributed by atoms with E-state index in [1.807, 2.05) is 30.0 Å². The van der Waals surface area contributed by atoms with Crippen LogP contribution in [-0.2, 0) is 4.79 Å². The number of benzene rings is 1. The number of hydrogen-bond donors (Lipinski definition) is 3. The van der Waals surface area contributed by atoms with Gasteiger partial charge < -0.3 is 21.3 Å². The maximum Gasteiger partial charge on any atom is 0.254 e. The van der Waals surface area contributed by atoms with Crippen molar-refractivity contribution in [1.82, 2.24) is 10.2 Å². The molecule has 1 heterocycles. The summed E-state index contributed by atoms with van der Waals surface area (Å²) in [7, 11) is 0. The molecule has 1 aromatic rings. The number of halogens is 2. The van der Waals surface area contributed by atoms with Crippen LogP contribution in [0.4, 0.5) is 5.69 Å². The third-order valence-electron chi connectivity index (χ3n) is 5.47. The van der Waals surface area contributed by atoms with Crippen LogP contribution in [0.3, 0.4) is 0 Å². The third kappa shape index (κ3) is 7.36. The largest absolute Gasteiger partial charge is 0.382 e. The van der Waals surface area contributed by atoms with Gasteiger partial charge in [0.1, 0.15) is 0 Å². The van der Waals surface area contributed by atoms with Gasteiger partial charge in [-0.05, 0) is 50.3 Å². The van der Waals surface area contributed by atoms with Gasteiger partial charge in [0, 0.05) is 43.5 Å². The van der Waals surface area contributed by atoms with Gasteiger partial charge in [0.25, 0.3) is 5.91 Å². The Labute approximate surface area is 187 Å². The lowest BCUT2D eigenvalue weighted by atomic mass is 9.95. The molecule has 1 saturated heterocycles. The SMILES string of the molecule is Cc1c(NC(C)C(C)C)cccc1C(=O)N1CCCC(C(=O)NCCN)C1.Cl.Cl. The van der Waals surface area contributed by atoms with E-state index in [-0.39, 0.29) is 42.5 Å². The van der Waals surface area contributed by atoms with Crippen molar-refractivity contribution in [3.8, 4) is 0 Å². The summed E-state index contributed by atoms with van der Waals surface area (Å²) < 4.78 is 0. The van der Waals surface area contributed by atoms with E-state index in [1.54, 1.807) is 0 Å². The number of anilines is 1. The first-order chi connectivity index (χ1) is 12.8. The molecular weight excluding hydrogens is 411 g/mol. The highest BCUT2D eigenvalue weighted by Gasteiger charge is 2.29. The van der Waals surface area contributed by atoms with E-state index in [0.717, 1.165) is 24.1 Å². The maximum atomic E-state index is 13.1. The van der Waals surface area contributed by atoms with E-state index in [0.29, 0.717) is 43.7 Å². The molecule has 2 atom stereocenters. The molecular formula is C21H36Cl2N4O2. The number of hydrogen-bond acceptors (Lipinski definition) is 4. The summed E-state index contributed by atoms with van der Waals surface area (Å²) in [5.41, 5.74) is 8.12. The highest BCUT2D eigenvalue weighted by molar-refractivity contribution is 5.97. The normalized spacial score (nSPS) is 17.0. The minimum absolute atomic E-state index is 0. The standard InChI is InChI=1S/C21H34N4O2.2ClH/c1-14(2)16(4)24-19-9-5-8-18(15(19)3)21(27)25-12-6-7-17(13-25)20(26)23-11-10-22;;/h5,8-9,14,16-17,24H,6-7,10-13,22H2,1-4H3,(H,23,26);2*1H. The minimum atomic E-state index is -0.156. The number of nitrogens with one attached hydrogen (secondary N) is 2. The zero-order chi connectivity index (χ0) is 20.0. The van der Waals surface area contributed by atoms with Crippen molar-refractivity contribution in [1.29, 1.82) is 0 Å². The molecule has 166 valence electrons. The van der Waals surface area contributed by atoms with Crippen LogP contribution in [0, 0.1) is 18.8 Å². The summed E-state index contributed by atoms with van der Waals surface area (Å²) in [6.45, 7) is 10.5. The lowest BCUT2D eigenvalue weighted by Gasteiger charge is -2.32. The summed E-state index contributed by atoms with van der Waals surface area (Å²) in [4.78, 5) is 27.2. The van der Waals surface area contributed by atoms with Crippen LogP contribution >= 0.6 is 24.8 Å². The molecule has 1 aliphatic rings. The fourth-order valence-corrected chi connectivity index (χ4v) is 3.32. The van der Waals surface area contributed by atoms with Gasteiger partial charge in [0.2, 0.25) is 5.91 Å². The van der Waals surface area contributed by atoms with Gasteiger partial charge in [-0.15, -0.1) is 24.8 Å². The topological polar surface area (TPSA) is 87.5 Å². The van der Waals surface area contributed by atoms with Crippen LogP contribution in [-0.4, -0.2) is 48.9 Å². The number of piperidine rings is 1. The molecule has 0 aliphatic carbocycles. The third-order valence-corrected chi connectivity index (χ3v) is 5.47. The van der Waals surface area contributed by atoms with Gasteiger partial charge in [0.05, 0.1) is 5.92 Å². The first-order valence-corrected chi connectivity index (χ1v) is 9.98. The van der Waals surface area contributed by atoms with Gasteiger partial charge in [0.15, 0.2) is 0 Å². The van der Waals surface area contributed by atoms with Gasteiger partial charge >= 0.3 is 0 Å². The Bertz CT molecular complexity index is 670. The van der Waals surface area contributed by atoms with Crippen LogP contribution in [0.25, 0.3) is 0 Å². The molecule has 0 aromatic heterocycles. The van der Waals surface area contributed by atoms with Crippen molar-refractivity contribution in [2.75, 3.05) is 31.5 Å². The summed E-state index contributed by atoms with van der Waals surface area (Å²) in [5, 5.41) is 6.35. The smallest absolute Gasteiger partial charge is 0.254 e. The Hall–Kier alpha value is -1.50. The zero-order valence-corrected chi connectivity index (χ0v) is 19.5. The second kappa shape index (κ2) is 12.9. The van der Waals surface area contributed by atoms with Gasteiger partial charge in [-0.1, -0.05) is 19.9 Å². The summed E-state index contributed by atoms with van der Waals surface area (Å²) in [5.74, 6) is 0.344. The lowest BCUT2D eigenvalue weighted by Crippen LogP contribution is -2.46. The molecule has 1 aliphatic heterocycles. The first kappa shape index (κ1) is 27.5. The van der Waals surface area contributed by atoms with Crippen LogP contribution in [0.2, 0.25) is 0 Å². The molecule has 0 bridgehead atoms. The van der Waals surface area contributed by atoms with Crippen molar-refractivity contribution in [2.45, 2.75) is 46.6 Å². The average molecular weight is 447 g/mol. The molecule has 1 aromatic carbocycles. The van der Waals surface area contributed by atoms with Gasteiger partial charge in [-0.25, -0.2) is 0 Å². The molecule has 0 radical (unpaired) electrons. The lowest BCUT2D eigenvalue weighted by molar-refractivity contribution is -0.126. The Balaban J connectivity index is 0.00000392. The number of amides is 2. The second-order valence-electron chi connectivity index (χ2n) is 7.83. The quantitative estimate of drug-likeness (QED) is 0.599. The Morgan fingerprint density at radius 3 is 2.55 bits per heavy atom. The molecule has 2 amide bonds. The Morgan fingerprint density at radius 2 is 1.93 bits per heavy atom. The zero-order valence-electron chi connectivity index (χ0n) is 17.9. The number of rotatable bonds is 7. The van der Waals surface area contributed by atoms with E-state index >= 15 is 0 Å². The molecule has 1 fully saturated rings. The monoisotopic (exact) mass is 446 g/mol. The maximum absolute atomic E-state index is 13.1. The number of likely N-dealkylation sites (tertiary alicyclic amines) is 1. The Morgan fingerprint density at radius 1 is 1.24 bits per heavy atom. The summed E-state index contributed by atoms with van der Waals surface area (Å²) in [6, 6.07) is 6.13. The molecule has 0 spiro atoms. The Kier molecular flexibility index (Phi) is 12.3. The van der Waals surface area contributed by atoms with E-state index in [2.05, 4.69) is 31.4 Å². The van der Waals surface area contributed by atoms with E-state index < -0.39 is 0 Å². The fraction of sp³-hybridized carbons (Fsp3) is 0.619. The van der Waals surface area contributed by atoms with Gasteiger partial charge in [-0.3, -0.25) is 9.59 Å². The van der Waals surface area contributed by atoms with Crippen LogP contribution in [0.15, 0.2) is 18.2 Å². The highest BCUT2D eigenvalue weighted by Crippen LogP contribution is 2.25. The fourth-order valence-electron chi connectivity index (χ4n) is 3.32. The predicted molar refractivity (Wildman–Crippen MR) is 124 cm³/mol. The first-order valence-electron chi connectivity index (χ1n) is 9.98. The molecule has 2 rings (SSSR count). The number of carbonyl (C=O) groups is 2. The van der Waals surface area contributed by atoms with Gasteiger partial charge in [-0.2, -0.15) is 0 Å². The van der Waals surface area contributed by atoms with E-state index in [9.17, 15) is 9.59 Å². The minimum Gasteiger partial charge on any atom is -0.382 e. The number of nitrogens with zero attached hydrogens (tertiary/aromatic N) is 1. The summed E-state index contributed by atoms with van der Waals surface area (Å²) >= 11 is 0. The average Bonchev–Trinajstić information content (AvgIpc) is 2.67. The van der Waals surface area contributed by atoms with Crippen molar-refractivity contribution in [3.63, 3.8) is 0 Å². The van der Waals surface area contributed by atoms with E-state index in [1.165, 1.54) is 0 Å². The van der Waals surface area contributed by atoms with Crippen molar-refractivity contribution in [2.24, 2.45) is 17.6 Å². The molecule has 8 heteroatoms. The molecule has 2 unspecified atom stereocenters. The molecule has 0 saturated carbocycles. The van der Waals surface area contributed by atoms with Crippen molar-refractivity contribution >= 4 is 42.3 Å². The predicted octanol–water partition coefficient (Wildman–Crippen LogP) is 3.22. The number of carbonyl (C=O) groups excluding carboxylic acids is 2. The van der Waals surface area contributed by atoms with Crippen LogP contribution < -0.4 is 16.4 Å². The van der Waals surface area contributed by atoms with Crippen molar-refractivity contribution in [3.05, 3.63) is 29.3 Å². The second-order valence-corrected chi connectivity index (χ2v) is 7.83.